The first-order chi connectivity index (χ1) is 22.3. The Labute approximate surface area is 278 Å². The van der Waals surface area contributed by atoms with E-state index in [1.807, 2.05) is 83.9 Å². The molecule has 232 valence electrons. The number of nitrogens with one attached hydrogen (secondary N) is 1. The number of ether oxygens (including phenoxy) is 1. The molecular weight excluding hydrogens is 629 g/mol. The fraction of sp³-hybridized carbons (Fsp3) is 0.235. The van der Waals surface area contributed by atoms with E-state index < -0.39 is 8.07 Å². The van der Waals surface area contributed by atoms with Crippen LogP contribution in [0.2, 0.25) is 25.7 Å². The summed E-state index contributed by atoms with van der Waals surface area (Å²) in [5, 5.41) is 21.8. The molecule has 0 unspecified atom stereocenters. The van der Waals surface area contributed by atoms with Gasteiger partial charge in [0.2, 0.25) is 0 Å². The third-order valence-corrected chi connectivity index (χ3v) is 9.93. The maximum Gasteiger partial charge on any atom is 0.189 e. The SMILES string of the molecule is CSc1nc(-c2ccccc2)c2c(C#N)c[nH]c2n1.CSc1nc(-c2ccccc2)c2c(C#N)cn(COCC[Si](C)(C)C)c2n1. The van der Waals surface area contributed by atoms with E-state index in [4.69, 9.17) is 9.72 Å². The molecule has 0 amide bonds. The van der Waals surface area contributed by atoms with Crippen LogP contribution in [0.5, 0.6) is 0 Å². The zero-order chi connectivity index (χ0) is 32.7. The summed E-state index contributed by atoms with van der Waals surface area (Å²) in [5.74, 6) is 0. The van der Waals surface area contributed by atoms with Crippen LogP contribution in [0.4, 0.5) is 0 Å². The number of rotatable bonds is 9. The molecular formula is C34H34N8OS2Si. The zero-order valence-corrected chi connectivity index (χ0v) is 29.0. The van der Waals surface area contributed by atoms with Gasteiger partial charge in [-0.05, 0) is 18.6 Å². The highest BCUT2D eigenvalue weighted by molar-refractivity contribution is 7.98. The van der Waals surface area contributed by atoms with Gasteiger partial charge in [-0.2, -0.15) is 10.5 Å². The van der Waals surface area contributed by atoms with Crippen LogP contribution in [0, 0.1) is 22.7 Å². The van der Waals surface area contributed by atoms with Crippen molar-refractivity contribution in [2.45, 2.75) is 42.7 Å². The Morgan fingerprint density at radius 1 is 0.783 bits per heavy atom. The van der Waals surface area contributed by atoms with Crippen molar-refractivity contribution in [2.24, 2.45) is 0 Å². The predicted molar refractivity (Wildman–Crippen MR) is 189 cm³/mol. The predicted octanol–water partition coefficient (Wildman–Crippen LogP) is 8.22. The lowest BCUT2D eigenvalue weighted by Crippen LogP contribution is -2.22. The summed E-state index contributed by atoms with van der Waals surface area (Å²) in [6.45, 7) is 8.11. The Bertz CT molecular complexity index is 2040. The van der Waals surface area contributed by atoms with E-state index in [-0.39, 0.29) is 0 Å². The molecule has 0 spiro atoms. The van der Waals surface area contributed by atoms with E-state index in [1.54, 1.807) is 6.20 Å². The second-order valence-electron chi connectivity index (χ2n) is 11.6. The van der Waals surface area contributed by atoms with Crippen molar-refractivity contribution in [1.82, 2.24) is 29.5 Å². The highest BCUT2D eigenvalue weighted by Gasteiger charge is 2.19. The number of thioether (sulfide) groups is 2. The van der Waals surface area contributed by atoms with Crippen LogP contribution in [0.25, 0.3) is 44.6 Å². The molecule has 0 aliphatic heterocycles. The molecule has 46 heavy (non-hydrogen) atoms. The van der Waals surface area contributed by atoms with Gasteiger partial charge in [0.15, 0.2) is 10.3 Å². The molecule has 0 saturated heterocycles. The minimum Gasteiger partial charge on any atom is -0.361 e. The zero-order valence-electron chi connectivity index (χ0n) is 26.4. The Balaban J connectivity index is 0.000000192. The Hall–Kier alpha value is -4.46. The number of hydrogen-bond donors (Lipinski definition) is 1. The van der Waals surface area contributed by atoms with Crippen molar-refractivity contribution in [1.29, 1.82) is 10.5 Å². The van der Waals surface area contributed by atoms with Crippen molar-refractivity contribution in [3.8, 4) is 34.7 Å². The van der Waals surface area contributed by atoms with Crippen LogP contribution in [0.1, 0.15) is 11.1 Å². The number of hydrogen-bond acceptors (Lipinski definition) is 9. The van der Waals surface area contributed by atoms with E-state index in [0.29, 0.717) is 33.8 Å². The smallest absolute Gasteiger partial charge is 0.189 e. The van der Waals surface area contributed by atoms with E-state index in [2.05, 4.69) is 51.7 Å². The lowest BCUT2D eigenvalue weighted by atomic mass is 10.1. The maximum atomic E-state index is 9.67. The van der Waals surface area contributed by atoms with E-state index in [1.165, 1.54) is 23.5 Å². The average molecular weight is 663 g/mol. The minimum atomic E-state index is -1.13. The van der Waals surface area contributed by atoms with Crippen LogP contribution in [-0.2, 0) is 11.5 Å². The number of aromatic amines is 1. The molecule has 0 radical (unpaired) electrons. The van der Waals surface area contributed by atoms with Gasteiger partial charge in [-0.15, -0.1) is 0 Å². The molecule has 2 aromatic carbocycles. The first-order valence-corrected chi connectivity index (χ1v) is 20.8. The number of benzene rings is 2. The molecule has 0 atom stereocenters. The Morgan fingerprint density at radius 3 is 1.89 bits per heavy atom. The standard InChI is InChI=1S/C20H24N4OSSi.C14H10N4S/c1-26-20-22-18(15-8-6-5-7-9-15)17-16(12-21)13-24(19(17)23-20)14-25-10-11-27(2,3)4;1-19-14-17-12(9-5-3-2-4-6-9)11-10(7-15)8-16-13(11)18-14/h5-9,13H,10-11,14H2,1-4H3;2-6,8H,1H3,(H,16,17,18). The molecule has 0 aliphatic rings. The van der Waals surface area contributed by atoms with Gasteiger partial charge in [0.05, 0.1) is 33.3 Å². The quantitative estimate of drug-likeness (QED) is 0.0704. The summed E-state index contributed by atoms with van der Waals surface area (Å²) in [5.41, 5.74) is 6.16. The van der Waals surface area contributed by atoms with Gasteiger partial charge < -0.3 is 14.3 Å². The first kappa shape index (κ1) is 32.9. The van der Waals surface area contributed by atoms with Crippen molar-refractivity contribution in [3.63, 3.8) is 0 Å². The van der Waals surface area contributed by atoms with Gasteiger partial charge in [0.25, 0.3) is 0 Å². The molecule has 9 nitrogen and oxygen atoms in total. The lowest BCUT2D eigenvalue weighted by molar-refractivity contribution is 0.0898. The number of nitriles is 2. The number of aromatic nitrogens is 6. The van der Waals surface area contributed by atoms with Crippen molar-refractivity contribution in [3.05, 3.63) is 84.2 Å². The highest BCUT2D eigenvalue weighted by Crippen LogP contribution is 2.32. The van der Waals surface area contributed by atoms with Gasteiger partial charge in [-0.3, -0.25) is 0 Å². The molecule has 6 aromatic rings. The van der Waals surface area contributed by atoms with Gasteiger partial charge in [0, 0.05) is 38.2 Å². The van der Waals surface area contributed by atoms with E-state index >= 15 is 0 Å². The maximum absolute atomic E-state index is 9.67. The van der Waals surface area contributed by atoms with Crippen LogP contribution in [0.15, 0.2) is 83.4 Å². The topological polar surface area (TPSA) is 129 Å². The molecule has 12 heteroatoms. The molecule has 0 bridgehead atoms. The van der Waals surface area contributed by atoms with Crippen LogP contribution in [-0.4, -0.2) is 56.7 Å². The number of fused-ring (bicyclic) bond motifs is 2. The molecule has 0 saturated carbocycles. The van der Waals surface area contributed by atoms with E-state index in [0.717, 1.165) is 51.6 Å². The first-order valence-electron chi connectivity index (χ1n) is 14.6. The largest absolute Gasteiger partial charge is 0.361 e. The molecule has 0 aliphatic carbocycles. The summed E-state index contributed by atoms with van der Waals surface area (Å²) in [4.78, 5) is 21.3. The fourth-order valence-corrected chi connectivity index (χ4v) is 6.27. The van der Waals surface area contributed by atoms with Gasteiger partial charge in [0.1, 0.15) is 30.2 Å². The summed E-state index contributed by atoms with van der Waals surface area (Å²) >= 11 is 2.98. The fourth-order valence-electron chi connectivity index (χ4n) is 4.78. The van der Waals surface area contributed by atoms with Gasteiger partial charge in [-0.25, -0.2) is 19.9 Å². The number of H-pyrrole nitrogens is 1. The lowest BCUT2D eigenvalue weighted by Gasteiger charge is -2.15. The summed E-state index contributed by atoms with van der Waals surface area (Å²) < 4.78 is 7.82. The molecule has 0 fully saturated rings. The minimum absolute atomic E-state index is 0.391. The Morgan fingerprint density at radius 2 is 1.35 bits per heavy atom. The third-order valence-electron chi connectivity index (χ3n) is 7.13. The molecule has 4 aromatic heterocycles. The van der Waals surface area contributed by atoms with E-state index in [9.17, 15) is 10.5 Å². The third kappa shape index (κ3) is 7.49. The highest BCUT2D eigenvalue weighted by atomic mass is 32.2. The van der Waals surface area contributed by atoms with Crippen LogP contribution >= 0.6 is 23.5 Å². The average Bonchev–Trinajstić information content (AvgIpc) is 3.67. The van der Waals surface area contributed by atoms with Crippen molar-refractivity contribution < 1.29 is 4.74 Å². The second-order valence-corrected chi connectivity index (χ2v) is 18.7. The van der Waals surface area contributed by atoms with Gasteiger partial charge >= 0.3 is 0 Å². The monoisotopic (exact) mass is 662 g/mol. The van der Waals surface area contributed by atoms with Crippen molar-refractivity contribution >= 4 is 53.7 Å². The van der Waals surface area contributed by atoms with Crippen LogP contribution in [0.3, 0.4) is 0 Å². The summed E-state index contributed by atoms with van der Waals surface area (Å²) in [7, 11) is -1.13. The summed E-state index contributed by atoms with van der Waals surface area (Å²) in [6, 6.07) is 25.4. The second kappa shape index (κ2) is 14.8. The van der Waals surface area contributed by atoms with Crippen LogP contribution < -0.4 is 0 Å². The molecule has 4 heterocycles. The number of nitrogens with zero attached hydrogens (tertiary/aromatic N) is 7. The van der Waals surface area contributed by atoms with Gasteiger partial charge in [-0.1, -0.05) is 104 Å². The molecule has 6 rings (SSSR count). The Kier molecular flexibility index (Phi) is 10.6. The van der Waals surface area contributed by atoms with Crippen molar-refractivity contribution in [2.75, 3.05) is 19.1 Å². The normalized spacial score (nSPS) is 11.2. The summed E-state index contributed by atoms with van der Waals surface area (Å²) in [6.07, 6.45) is 7.39. The molecule has 1 N–H and O–H groups in total.